The smallest absolute Gasteiger partial charge is 0.149 e. The minimum atomic E-state index is 0. The number of hydrogen-bond donors (Lipinski definition) is 1. The van der Waals surface area contributed by atoms with Gasteiger partial charge in [0.1, 0.15) is 5.82 Å². The van der Waals surface area contributed by atoms with Gasteiger partial charge in [-0.05, 0) is 25.0 Å². The highest BCUT2D eigenvalue weighted by Crippen LogP contribution is 2.20. The fourth-order valence-corrected chi connectivity index (χ4v) is 2.26. The normalized spacial score (nSPS) is 17.8. The molecule has 1 aromatic carbocycles. The van der Waals surface area contributed by atoms with E-state index >= 15 is 0 Å². The van der Waals surface area contributed by atoms with E-state index in [4.69, 9.17) is 0 Å². The quantitative estimate of drug-likeness (QED) is 0.768. The number of para-hydroxylation sites is 2. The maximum atomic E-state index is 4.57. The van der Waals surface area contributed by atoms with E-state index in [0.29, 0.717) is 6.04 Å². The van der Waals surface area contributed by atoms with Crippen LogP contribution >= 0.6 is 0 Å². The monoisotopic (exact) mass is 215 g/mol. The van der Waals surface area contributed by atoms with Crippen LogP contribution in [0.2, 0.25) is 0 Å². The average molecular weight is 215 g/mol. The summed E-state index contributed by atoms with van der Waals surface area (Å²) >= 11 is 0. The SMILES string of the molecule is C(=NC1CCCC1)c1nc2ccccc2[nH]1.[HH]. The molecule has 0 bridgehead atoms. The Morgan fingerprint density at radius 2 is 2.12 bits per heavy atom. The van der Waals surface area contributed by atoms with E-state index < -0.39 is 0 Å². The summed E-state index contributed by atoms with van der Waals surface area (Å²) in [6, 6.07) is 8.58. The lowest BCUT2D eigenvalue weighted by Gasteiger charge is -1.98. The molecule has 0 amide bonds. The van der Waals surface area contributed by atoms with Gasteiger partial charge in [-0.2, -0.15) is 0 Å². The third kappa shape index (κ3) is 1.85. The summed E-state index contributed by atoms with van der Waals surface area (Å²) in [5.74, 6) is 0.869. The van der Waals surface area contributed by atoms with Crippen LogP contribution in [0.5, 0.6) is 0 Å². The lowest BCUT2D eigenvalue weighted by molar-refractivity contribution is 0.709. The minimum absolute atomic E-state index is 0. The van der Waals surface area contributed by atoms with Crippen LogP contribution in [-0.2, 0) is 0 Å². The van der Waals surface area contributed by atoms with Crippen molar-refractivity contribution in [3.8, 4) is 0 Å². The van der Waals surface area contributed by atoms with Crippen LogP contribution in [0.4, 0.5) is 0 Å². The van der Waals surface area contributed by atoms with Crippen molar-refractivity contribution in [1.82, 2.24) is 9.97 Å². The van der Waals surface area contributed by atoms with Crippen LogP contribution in [-0.4, -0.2) is 22.2 Å². The summed E-state index contributed by atoms with van der Waals surface area (Å²) in [6.45, 7) is 0. The molecule has 3 nitrogen and oxygen atoms in total. The number of imidazole rings is 1. The average Bonchev–Trinajstić information content (AvgIpc) is 2.95. The van der Waals surface area contributed by atoms with E-state index in [-0.39, 0.29) is 1.43 Å². The number of aromatic nitrogens is 2. The van der Waals surface area contributed by atoms with Gasteiger partial charge in [0.15, 0.2) is 0 Å². The molecule has 1 saturated carbocycles. The molecule has 1 N–H and O–H groups in total. The molecule has 0 radical (unpaired) electrons. The van der Waals surface area contributed by atoms with Gasteiger partial charge in [-0.15, -0.1) is 0 Å². The van der Waals surface area contributed by atoms with E-state index in [1.165, 1.54) is 25.7 Å². The van der Waals surface area contributed by atoms with Crippen molar-refractivity contribution in [2.75, 3.05) is 0 Å². The van der Waals surface area contributed by atoms with Gasteiger partial charge in [0.2, 0.25) is 0 Å². The number of nitrogens with one attached hydrogen (secondary N) is 1. The van der Waals surface area contributed by atoms with Gasteiger partial charge < -0.3 is 4.98 Å². The van der Waals surface area contributed by atoms with Gasteiger partial charge in [-0.1, -0.05) is 25.0 Å². The van der Waals surface area contributed by atoms with Crippen LogP contribution in [0.3, 0.4) is 0 Å². The van der Waals surface area contributed by atoms with Crippen molar-refractivity contribution in [2.24, 2.45) is 4.99 Å². The van der Waals surface area contributed by atoms with Crippen molar-refractivity contribution >= 4 is 17.2 Å². The Morgan fingerprint density at radius 3 is 2.94 bits per heavy atom. The van der Waals surface area contributed by atoms with Crippen molar-refractivity contribution < 1.29 is 1.43 Å². The lowest BCUT2D eigenvalue weighted by Crippen LogP contribution is -1.97. The van der Waals surface area contributed by atoms with Gasteiger partial charge in [0, 0.05) is 1.43 Å². The Labute approximate surface area is 96.1 Å². The maximum Gasteiger partial charge on any atom is 0.149 e. The summed E-state index contributed by atoms with van der Waals surface area (Å²) in [5.41, 5.74) is 2.09. The molecule has 16 heavy (non-hydrogen) atoms. The third-order valence-electron chi connectivity index (χ3n) is 3.14. The molecule has 3 heteroatoms. The highest BCUT2D eigenvalue weighted by molar-refractivity contribution is 5.83. The zero-order valence-electron chi connectivity index (χ0n) is 9.19. The van der Waals surface area contributed by atoms with E-state index in [1.807, 2.05) is 30.5 Å². The van der Waals surface area contributed by atoms with Gasteiger partial charge in [0.05, 0.1) is 23.3 Å². The number of nitrogens with zero attached hydrogens (tertiary/aromatic N) is 2. The van der Waals surface area contributed by atoms with Crippen LogP contribution in [0.15, 0.2) is 29.3 Å². The fraction of sp³-hybridized carbons (Fsp3) is 0.385. The number of H-pyrrole nitrogens is 1. The number of hydrogen-bond acceptors (Lipinski definition) is 2. The van der Waals surface area contributed by atoms with Crippen molar-refractivity contribution in [2.45, 2.75) is 31.7 Å². The third-order valence-corrected chi connectivity index (χ3v) is 3.14. The maximum absolute atomic E-state index is 4.57. The molecule has 0 spiro atoms. The molecule has 0 unspecified atom stereocenters. The topological polar surface area (TPSA) is 41.0 Å². The molecule has 1 fully saturated rings. The minimum Gasteiger partial charge on any atom is -0.337 e. The number of fused-ring (bicyclic) bond motifs is 1. The van der Waals surface area contributed by atoms with Gasteiger partial charge in [-0.3, -0.25) is 4.99 Å². The first-order valence-electron chi connectivity index (χ1n) is 5.90. The summed E-state index contributed by atoms with van der Waals surface area (Å²) in [5, 5.41) is 0. The van der Waals surface area contributed by atoms with E-state index in [0.717, 1.165) is 16.9 Å². The highest BCUT2D eigenvalue weighted by atomic mass is 14.9. The fourth-order valence-electron chi connectivity index (χ4n) is 2.26. The highest BCUT2D eigenvalue weighted by Gasteiger charge is 2.12. The number of rotatable bonds is 2. The summed E-state index contributed by atoms with van der Waals surface area (Å²) in [7, 11) is 0. The van der Waals surface area contributed by atoms with E-state index in [1.54, 1.807) is 0 Å². The Balaban J connectivity index is 0.00000108. The molecule has 2 aromatic rings. The van der Waals surface area contributed by atoms with Crippen LogP contribution in [0.1, 0.15) is 32.9 Å². The number of aromatic amines is 1. The predicted molar refractivity (Wildman–Crippen MR) is 68.1 cm³/mol. The first kappa shape index (κ1) is 9.58. The largest absolute Gasteiger partial charge is 0.337 e. The summed E-state index contributed by atoms with van der Waals surface area (Å²) in [6.07, 6.45) is 6.99. The van der Waals surface area contributed by atoms with Gasteiger partial charge in [-0.25, -0.2) is 4.98 Å². The van der Waals surface area contributed by atoms with Crippen LogP contribution in [0, 0.1) is 0 Å². The Kier molecular flexibility index (Phi) is 2.44. The van der Waals surface area contributed by atoms with Crippen LogP contribution < -0.4 is 0 Å². The lowest BCUT2D eigenvalue weighted by atomic mass is 10.3. The summed E-state index contributed by atoms with van der Waals surface area (Å²) in [4.78, 5) is 12.3. The van der Waals surface area contributed by atoms with E-state index in [2.05, 4.69) is 15.0 Å². The molecule has 84 valence electrons. The molecule has 0 atom stereocenters. The first-order valence-corrected chi connectivity index (χ1v) is 5.90. The van der Waals surface area contributed by atoms with Crippen LogP contribution in [0.25, 0.3) is 11.0 Å². The second kappa shape index (κ2) is 4.08. The van der Waals surface area contributed by atoms with E-state index in [9.17, 15) is 0 Å². The molecular weight excluding hydrogens is 198 g/mol. The van der Waals surface area contributed by atoms with Crippen molar-refractivity contribution in [1.29, 1.82) is 0 Å². The summed E-state index contributed by atoms with van der Waals surface area (Å²) < 4.78 is 0. The Bertz CT molecular complexity index is 479. The molecule has 1 aliphatic carbocycles. The Hall–Kier alpha value is -1.64. The molecular formula is C13H17N3. The standard InChI is InChI=1S/C13H15N3.H2/c1-2-6-10(5-1)14-9-13-15-11-7-3-4-8-12(11)16-13;/h3-4,7-10H,1-2,5-6H2,(H,15,16);1H. The van der Waals surface area contributed by atoms with Gasteiger partial charge in [0.25, 0.3) is 0 Å². The molecule has 1 heterocycles. The molecule has 1 aromatic heterocycles. The van der Waals surface area contributed by atoms with Gasteiger partial charge >= 0.3 is 0 Å². The zero-order valence-corrected chi connectivity index (χ0v) is 9.19. The second-order valence-electron chi connectivity index (χ2n) is 4.36. The molecule has 0 saturated heterocycles. The number of aliphatic imine (C=N–C) groups is 1. The van der Waals surface area contributed by atoms with Crippen molar-refractivity contribution in [3.63, 3.8) is 0 Å². The second-order valence-corrected chi connectivity index (χ2v) is 4.36. The molecule has 3 rings (SSSR count). The van der Waals surface area contributed by atoms with Crippen molar-refractivity contribution in [3.05, 3.63) is 30.1 Å². The molecule has 1 aliphatic rings. The zero-order chi connectivity index (χ0) is 10.8. The first-order chi connectivity index (χ1) is 7.92. The Morgan fingerprint density at radius 1 is 1.31 bits per heavy atom. The number of benzene rings is 1. The predicted octanol–water partition coefficient (Wildman–Crippen LogP) is 3.17. The molecule has 0 aliphatic heterocycles.